The van der Waals surface area contributed by atoms with Gasteiger partial charge in [0.15, 0.2) is 5.78 Å². The third-order valence-electron chi connectivity index (χ3n) is 1.72. The number of ketones is 1. The van der Waals surface area contributed by atoms with Gasteiger partial charge in [-0.3, -0.25) is 4.79 Å². The molecule has 0 bridgehead atoms. The summed E-state index contributed by atoms with van der Waals surface area (Å²) in [6.07, 6.45) is 0. The first-order valence-electron chi connectivity index (χ1n) is 3.80. The van der Waals surface area contributed by atoms with Crippen LogP contribution in [0.5, 0.6) is 0 Å². The first kappa shape index (κ1) is 9.94. The van der Waals surface area contributed by atoms with Crippen molar-refractivity contribution in [3.63, 3.8) is 0 Å². The Morgan fingerprint density at radius 3 is 2.77 bits per heavy atom. The van der Waals surface area contributed by atoms with Crippen molar-refractivity contribution in [3.8, 4) is 6.07 Å². The lowest BCUT2D eigenvalue weighted by Gasteiger charge is -2.04. The van der Waals surface area contributed by atoms with Crippen LogP contribution in [-0.4, -0.2) is 5.78 Å². The van der Waals surface area contributed by atoms with Crippen molar-refractivity contribution < 1.29 is 4.79 Å². The topological polar surface area (TPSA) is 40.9 Å². The van der Waals surface area contributed by atoms with E-state index in [4.69, 9.17) is 5.26 Å². The Bertz CT molecular complexity index is 367. The van der Waals surface area contributed by atoms with E-state index in [1.807, 2.05) is 18.2 Å². The van der Waals surface area contributed by atoms with Gasteiger partial charge in [0.05, 0.1) is 6.07 Å². The molecule has 0 aliphatic rings. The van der Waals surface area contributed by atoms with Crippen LogP contribution in [0.4, 0.5) is 0 Å². The molecular formula is C10H8BrNO. The number of rotatable bonds is 2. The van der Waals surface area contributed by atoms with Gasteiger partial charge in [0.25, 0.3) is 0 Å². The lowest BCUT2D eigenvalue weighted by molar-refractivity contribution is -0.117. The maximum atomic E-state index is 11.0. The van der Waals surface area contributed by atoms with E-state index in [2.05, 4.69) is 15.9 Å². The molecule has 0 fully saturated rings. The molecule has 0 amide bonds. The summed E-state index contributed by atoms with van der Waals surface area (Å²) in [5.41, 5.74) is 0.740. The number of carbonyl (C=O) groups excluding carboxylic acids is 1. The van der Waals surface area contributed by atoms with E-state index in [-0.39, 0.29) is 5.78 Å². The molecule has 0 radical (unpaired) electrons. The quantitative estimate of drug-likeness (QED) is 0.794. The summed E-state index contributed by atoms with van der Waals surface area (Å²) in [5.74, 6) is -0.766. The molecule has 2 nitrogen and oxygen atoms in total. The lowest BCUT2D eigenvalue weighted by atomic mass is 9.97. The van der Waals surface area contributed by atoms with E-state index >= 15 is 0 Å². The van der Waals surface area contributed by atoms with Gasteiger partial charge in [-0.15, -0.1) is 0 Å². The van der Waals surface area contributed by atoms with Crippen LogP contribution >= 0.6 is 15.9 Å². The number of halogens is 1. The summed E-state index contributed by atoms with van der Waals surface area (Å²) in [6, 6.07) is 9.21. The first-order valence-corrected chi connectivity index (χ1v) is 4.60. The molecule has 13 heavy (non-hydrogen) atoms. The molecule has 0 spiro atoms. The van der Waals surface area contributed by atoms with Gasteiger partial charge in [-0.25, -0.2) is 0 Å². The predicted molar refractivity (Wildman–Crippen MR) is 53.2 cm³/mol. The van der Waals surface area contributed by atoms with Gasteiger partial charge in [-0.1, -0.05) is 28.1 Å². The number of benzene rings is 1. The second-order valence-electron chi connectivity index (χ2n) is 2.73. The van der Waals surface area contributed by atoms with Crippen LogP contribution in [0.1, 0.15) is 18.4 Å². The number of hydrogen-bond donors (Lipinski definition) is 0. The van der Waals surface area contributed by atoms with Crippen LogP contribution in [0.2, 0.25) is 0 Å². The van der Waals surface area contributed by atoms with Crippen molar-refractivity contribution in [1.29, 1.82) is 5.26 Å². The summed E-state index contributed by atoms with van der Waals surface area (Å²) in [5, 5.41) is 8.75. The van der Waals surface area contributed by atoms with Crippen molar-refractivity contribution in [2.45, 2.75) is 12.8 Å². The Balaban J connectivity index is 3.07. The van der Waals surface area contributed by atoms with Crippen LogP contribution in [-0.2, 0) is 4.79 Å². The monoisotopic (exact) mass is 237 g/mol. The highest BCUT2D eigenvalue weighted by atomic mass is 79.9. The highest BCUT2D eigenvalue weighted by Crippen LogP contribution is 2.20. The average molecular weight is 238 g/mol. The Morgan fingerprint density at radius 2 is 2.31 bits per heavy atom. The van der Waals surface area contributed by atoms with Crippen LogP contribution in [0, 0.1) is 11.3 Å². The van der Waals surface area contributed by atoms with Gasteiger partial charge >= 0.3 is 0 Å². The normalized spacial score (nSPS) is 11.8. The fourth-order valence-corrected chi connectivity index (χ4v) is 1.50. The Hall–Kier alpha value is -1.14. The lowest BCUT2D eigenvalue weighted by Crippen LogP contribution is -2.05. The SMILES string of the molecule is CC(=O)[C@H](C#N)c1cccc(Br)c1. The molecule has 0 aromatic heterocycles. The maximum absolute atomic E-state index is 11.0. The van der Waals surface area contributed by atoms with E-state index < -0.39 is 5.92 Å². The van der Waals surface area contributed by atoms with Crippen LogP contribution < -0.4 is 0 Å². The zero-order chi connectivity index (χ0) is 9.84. The van der Waals surface area contributed by atoms with Gasteiger partial charge in [0.1, 0.15) is 5.92 Å². The van der Waals surface area contributed by atoms with E-state index in [0.29, 0.717) is 0 Å². The smallest absolute Gasteiger partial charge is 0.151 e. The highest BCUT2D eigenvalue weighted by molar-refractivity contribution is 9.10. The van der Waals surface area contributed by atoms with Crippen LogP contribution in [0.25, 0.3) is 0 Å². The second kappa shape index (κ2) is 4.20. The minimum absolute atomic E-state index is 0.124. The van der Waals surface area contributed by atoms with E-state index in [9.17, 15) is 4.79 Å². The van der Waals surface area contributed by atoms with E-state index in [1.165, 1.54) is 6.92 Å². The third kappa shape index (κ3) is 2.40. The maximum Gasteiger partial charge on any atom is 0.151 e. The highest BCUT2D eigenvalue weighted by Gasteiger charge is 2.15. The average Bonchev–Trinajstić information content (AvgIpc) is 2.04. The molecule has 0 N–H and O–H groups in total. The minimum atomic E-state index is -0.641. The van der Waals surface area contributed by atoms with Crippen molar-refractivity contribution in [1.82, 2.24) is 0 Å². The summed E-state index contributed by atoms with van der Waals surface area (Å²) < 4.78 is 0.881. The fraction of sp³-hybridized carbons (Fsp3) is 0.200. The minimum Gasteiger partial charge on any atom is -0.298 e. The predicted octanol–water partition coefficient (Wildman–Crippen LogP) is 2.65. The summed E-state index contributed by atoms with van der Waals surface area (Å²) >= 11 is 3.29. The number of Topliss-reactive ketones (excluding diaryl/α,β-unsaturated/α-hetero) is 1. The number of nitrogens with zero attached hydrogens (tertiary/aromatic N) is 1. The number of nitriles is 1. The van der Waals surface area contributed by atoms with Gasteiger partial charge in [0.2, 0.25) is 0 Å². The molecule has 1 rings (SSSR count). The number of carbonyl (C=O) groups is 1. The Kier molecular flexibility index (Phi) is 3.21. The molecule has 0 heterocycles. The molecule has 3 heteroatoms. The molecule has 0 aliphatic heterocycles. The molecular weight excluding hydrogens is 230 g/mol. The van der Waals surface area contributed by atoms with Gasteiger partial charge in [0, 0.05) is 4.47 Å². The van der Waals surface area contributed by atoms with Crippen molar-refractivity contribution in [2.75, 3.05) is 0 Å². The molecule has 0 unspecified atom stereocenters. The van der Waals surface area contributed by atoms with Gasteiger partial charge < -0.3 is 0 Å². The molecule has 0 saturated carbocycles. The Labute approximate surface area is 85.3 Å². The zero-order valence-electron chi connectivity index (χ0n) is 7.12. The van der Waals surface area contributed by atoms with Crippen LogP contribution in [0.15, 0.2) is 28.7 Å². The van der Waals surface area contributed by atoms with Crippen molar-refractivity contribution in [2.24, 2.45) is 0 Å². The van der Waals surface area contributed by atoms with E-state index in [0.717, 1.165) is 10.0 Å². The molecule has 0 aliphatic carbocycles. The molecule has 1 atom stereocenters. The standard InChI is InChI=1S/C10H8BrNO/c1-7(13)10(6-12)8-3-2-4-9(11)5-8/h2-5,10H,1H3/t10-/m0/s1. The summed E-state index contributed by atoms with van der Waals surface area (Å²) in [6.45, 7) is 1.43. The largest absolute Gasteiger partial charge is 0.298 e. The molecule has 66 valence electrons. The molecule has 1 aromatic rings. The first-order chi connectivity index (χ1) is 6.15. The Morgan fingerprint density at radius 1 is 1.62 bits per heavy atom. The molecule has 0 saturated heterocycles. The second-order valence-corrected chi connectivity index (χ2v) is 3.64. The van der Waals surface area contributed by atoms with Gasteiger partial charge in [-0.2, -0.15) is 5.26 Å². The summed E-state index contributed by atoms with van der Waals surface area (Å²) in [7, 11) is 0. The fourth-order valence-electron chi connectivity index (χ4n) is 1.09. The number of hydrogen-bond acceptors (Lipinski definition) is 2. The summed E-state index contributed by atoms with van der Waals surface area (Å²) in [4.78, 5) is 11.0. The van der Waals surface area contributed by atoms with Crippen molar-refractivity contribution >= 4 is 21.7 Å². The van der Waals surface area contributed by atoms with E-state index in [1.54, 1.807) is 12.1 Å². The molecule has 1 aromatic carbocycles. The van der Waals surface area contributed by atoms with Gasteiger partial charge in [-0.05, 0) is 24.6 Å². The van der Waals surface area contributed by atoms with Crippen molar-refractivity contribution in [3.05, 3.63) is 34.3 Å². The van der Waals surface area contributed by atoms with Crippen LogP contribution in [0.3, 0.4) is 0 Å². The third-order valence-corrected chi connectivity index (χ3v) is 2.21. The zero-order valence-corrected chi connectivity index (χ0v) is 8.71.